The Bertz CT molecular complexity index is 658. The molecule has 1 atom stereocenters. The number of anilines is 1. The summed E-state index contributed by atoms with van der Waals surface area (Å²) in [6, 6.07) is 1.55. The Morgan fingerprint density at radius 1 is 1.33 bits per heavy atom. The molecule has 0 radical (unpaired) electrons. The van der Waals surface area contributed by atoms with Crippen molar-refractivity contribution in [2.24, 2.45) is 5.73 Å². The molecule has 112 valence electrons. The lowest BCUT2D eigenvalue weighted by Gasteiger charge is -2.36. The Morgan fingerprint density at radius 2 is 2.05 bits per heavy atom. The van der Waals surface area contributed by atoms with Crippen LogP contribution in [0.2, 0.25) is 0 Å². The van der Waals surface area contributed by atoms with Gasteiger partial charge in [-0.1, -0.05) is 0 Å². The van der Waals surface area contributed by atoms with Gasteiger partial charge in [0, 0.05) is 37.9 Å². The Hall–Kier alpha value is -2.22. The smallest absolute Gasteiger partial charge is 0.254 e. The summed E-state index contributed by atoms with van der Waals surface area (Å²) in [5, 5.41) is 4.22. The van der Waals surface area contributed by atoms with Crippen LogP contribution in [0.25, 0.3) is 5.78 Å². The van der Waals surface area contributed by atoms with Crippen LogP contribution in [0.15, 0.2) is 12.4 Å². The van der Waals surface area contributed by atoms with E-state index in [1.165, 1.54) is 6.33 Å². The summed E-state index contributed by atoms with van der Waals surface area (Å²) in [5.74, 6) is 1.56. The molecule has 21 heavy (non-hydrogen) atoms. The SMILES string of the molecule is Cc1cc(N2CCN(C(=O)C(C)N)CC2)n2ncnc2n1. The molecule has 1 aliphatic heterocycles. The molecule has 1 amide bonds. The molecule has 0 bridgehead atoms. The molecular weight excluding hydrogens is 270 g/mol. The molecule has 0 saturated carbocycles. The van der Waals surface area contributed by atoms with Crippen molar-refractivity contribution in [2.75, 3.05) is 31.1 Å². The third kappa shape index (κ3) is 2.54. The summed E-state index contributed by atoms with van der Waals surface area (Å²) in [6.07, 6.45) is 1.50. The van der Waals surface area contributed by atoms with E-state index in [1.807, 2.05) is 17.9 Å². The molecule has 3 rings (SSSR count). The molecule has 1 saturated heterocycles. The number of nitrogens with two attached hydrogens (primary N) is 1. The Morgan fingerprint density at radius 3 is 2.71 bits per heavy atom. The fourth-order valence-electron chi connectivity index (χ4n) is 2.58. The van der Waals surface area contributed by atoms with Crippen molar-refractivity contribution in [2.45, 2.75) is 19.9 Å². The first kappa shape index (κ1) is 13.7. The second-order valence-corrected chi connectivity index (χ2v) is 5.33. The van der Waals surface area contributed by atoms with Gasteiger partial charge in [0.1, 0.15) is 12.1 Å². The highest BCUT2D eigenvalue weighted by Gasteiger charge is 2.24. The third-order valence-corrected chi connectivity index (χ3v) is 3.67. The van der Waals surface area contributed by atoms with Crippen LogP contribution in [0.5, 0.6) is 0 Å². The zero-order valence-corrected chi connectivity index (χ0v) is 12.2. The highest BCUT2D eigenvalue weighted by atomic mass is 16.2. The van der Waals surface area contributed by atoms with Gasteiger partial charge >= 0.3 is 0 Å². The minimum absolute atomic E-state index is 0.00598. The van der Waals surface area contributed by atoms with Crippen LogP contribution in [0.4, 0.5) is 5.82 Å². The van der Waals surface area contributed by atoms with Crippen molar-refractivity contribution in [1.29, 1.82) is 0 Å². The van der Waals surface area contributed by atoms with Crippen molar-refractivity contribution in [3.8, 4) is 0 Å². The van der Waals surface area contributed by atoms with Crippen molar-refractivity contribution >= 4 is 17.5 Å². The fourth-order valence-corrected chi connectivity index (χ4v) is 2.58. The van der Waals surface area contributed by atoms with Crippen LogP contribution >= 0.6 is 0 Å². The number of rotatable bonds is 2. The van der Waals surface area contributed by atoms with E-state index < -0.39 is 6.04 Å². The average molecular weight is 289 g/mol. The number of nitrogens with zero attached hydrogens (tertiary/aromatic N) is 6. The Labute approximate surface area is 122 Å². The minimum atomic E-state index is -0.443. The summed E-state index contributed by atoms with van der Waals surface area (Å²) in [7, 11) is 0. The minimum Gasteiger partial charge on any atom is -0.353 e. The van der Waals surface area contributed by atoms with E-state index in [4.69, 9.17) is 5.73 Å². The van der Waals surface area contributed by atoms with Gasteiger partial charge in [0.25, 0.3) is 5.78 Å². The van der Waals surface area contributed by atoms with Crippen molar-refractivity contribution < 1.29 is 4.79 Å². The Kier molecular flexibility index (Phi) is 3.46. The van der Waals surface area contributed by atoms with Gasteiger partial charge in [0.2, 0.25) is 5.91 Å². The molecule has 0 aromatic carbocycles. The van der Waals surface area contributed by atoms with Crippen LogP contribution < -0.4 is 10.6 Å². The summed E-state index contributed by atoms with van der Waals surface area (Å²) in [6.45, 7) is 6.48. The van der Waals surface area contributed by atoms with E-state index >= 15 is 0 Å². The van der Waals surface area contributed by atoms with Gasteiger partial charge in [-0.15, -0.1) is 0 Å². The monoisotopic (exact) mass is 289 g/mol. The van der Waals surface area contributed by atoms with Crippen molar-refractivity contribution in [3.63, 3.8) is 0 Å². The number of carbonyl (C=O) groups is 1. The quantitative estimate of drug-likeness (QED) is 0.796. The molecule has 8 nitrogen and oxygen atoms in total. The molecule has 0 spiro atoms. The van der Waals surface area contributed by atoms with Crippen LogP contribution in [-0.2, 0) is 4.79 Å². The predicted octanol–water partition coefficient (Wildman–Crippen LogP) is -0.571. The maximum absolute atomic E-state index is 11.9. The van der Waals surface area contributed by atoms with Crippen molar-refractivity contribution in [1.82, 2.24) is 24.5 Å². The first-order valence-corrected chi connectivity index (χ1v) is 7.03. The number of aryl methyl sites for hydroxylation is 1. The zero-order chi connectivity index (χ0) is 15.0. The molecule has 1 fully saturated rings. The predicted molar refractivity (Wildman–Crippen MR) is 78.0 cm³/mol. The second-order valence-electron chi connectivity index (χ2n) is 5.33. The van der Waals surface area contributed by atoms with Crippen molar-refractivity contribution in [3.05, 3.63) is 18.1 Å². The van der Waals surface area contributed by atoms with Gasteiger partial charge < -0.3 is 15.5 Å². The molecule has 2 aromatic rings. The van der Waals surface area contributed by atoms with E-state index in [-0.39, 0.29) is 5.91 Å². The third-order valence-electron chi connectivity index (χ3n) is 3.67. The molecule has 8 heteroatoms. The molecule has 2 aromatic heterocycles. The average Bonchev–Trinajstić information content (AvgIpc) is 2.93. The summed E-state index contributed by atoms with van der Waals surface area (Å²) >= 11 is 0. The maximum Gasteiger partial charge on any atom is 0.254 e. The van der Waals surface area contributed by atoms with Gasteiger partial charge in [-0.3, -0.25) is 4.79 Å². The lowest BCUT2D eigenvalue weighted by molar-refractivity contribution is -0.132. The number of piperazine rings is 1. The topological polar surface area (TPSA) is 92.7 Å². The van der Waals surface area contributed by atoms with Gasteiger partial charge in [-0.25, -0.2) is 4.98 Å². The van der Waals surface area contributed by atoms with Crippen LogP contribution in [0, 0.1) is 6.92 Å². The van der Waals surface area contributed by atoms with Crippen LogP contribution in [0.1, 0.15) is 12.6 Å². The fraction of sp³-hybridized carbons (Fsp3) is 0.538. The Balaban J connectivity index is 1.80. The molecule has 2 N–H and O–H groups in total. The van der Waals surface area contributed by atoms with E-state index in [9.17, 15) is 4.79 Å². The summed E-state index contributed by atoms with van der Waals surface area (Å²) < 4.78 is 1.73. The molecular formula is C13H19N7O. The van der Waals surface area contributed by atoms with E-state index in [2.05, 4.69) is 20.0 Å². The lowest BCUT2D eigenvalue weighted by atomic mass is 10.2. The normalized spacial score (nSPS) is 17.3. The number of hydrogen-bond acceptors (Lipinski definition) is 6. The van der Waals surface area contributed by atoms with Crippen LogP contribution in [0.3, 0.4) is 0 Å². The van der Waals surface area contributed by atoms with Gasteiger partial charge in [0.15, 0.2) is 0 Å². The number of hydrogen-bond donors (Lipinski definition) is 1. The number of aromatic nitrogens is 4. The second kappa shape index (κ2) is 5.28. The largest absolute Gasteiger partial charge is 0.353 e. The number of carbonyl (C=O) groups excluding carboxylic acids is 1. The van der Waals surface area contributed by atoms with Crippen LogP contribution in [-0.4, -0.2) is 62.6 Å². The zero-order valence-electron chi connectivity index (χ0n) is 12.2. The highest BCUT2D eigenvalue weighted by molar-refractivity contribution is 5.81. The standard InChI is InChI=1S/C13H19N7O/c1-9-7-11(20-13(17-9)15-8-16-20)18-3-5-19(6-4-18)12(21)10(2)14/h7-8,10H,3-6,14H2,1-2H3. The highest BCUT2D eigenvalue weighted by Crippen LogP contribution is 2.18. The molecule has 0 aliphatic carbocycles. The lowest BCUT2D eigenvalue weighted by Crippen LogP contribution is -2.53. The van der Waals surface area contributed by atoms with E-state index in [0.717, 1.165) is 24.6 Å². The molecule has 3 heterocycles. The summed E-state index contributed by atoms with van der Waals surface area (Å²) in [5.41, 5.74) is 6.56. The molecule has 1 aliphatic rings. The van der Waals surface area contributed by atoms with Gasteiger partial charge in [0.05, 0.1) is 6.04 Å². The first-order valence-electron chi connectivity index (χ1n) is 7.03. The summed E-state index contributed by atoms with van der Waals surface area (Å²) in [4.78, 5) is 24.4. The maximum atomic E-state index is 11.9. The van der Waals surface area contributed by atoms with Gasteiger partial charge in [-0.2, -0.15) is 14.6 Å². The number of amides is 1. The first-order chi connectivity index (χ1) is 10.1. The van der Waals surface area contributed by atoms with E-state index in [0.29, 0.717) is 18.9 Å². The molecule has 1 unspecified atom stereocenters. The van der Waals surface area contributed by atoms with E-state index in [1.54, 1.807) is 11.4 Å². The number of fused-ring (bicyclic) bond motifs is 1. The van der Waals surface area contributed by atoms with Gasteiger partial charge in [-0.05, 0) is 13.8 Å².